The van der Waals surface area contributed by atoms with Crippen molar-refractivity contribution in [2.75, 3.05) is 13.2 Å². The highest BCUT2D eigenvalue weighted by Crippen LogP contribution is 2.33. The van der Waals surface area contributed by atoms with Gasteiger partial charge >= 0.3 is 0 Å². The lowest BCUT2D eigenvalue weighted by Crippen LogP contribution is -2.15. The molecule has 0 fully saturated rings. The molecule has 0 saturated carbocycles. The smallest absolute Gasteiger partial charge is 0.177 e. The van der Waals surface area contributed by atoms with Crippen LogP contribution in [0, 0.1) is 0 Å². The summed E-state index contributed by atoms with van der Waals surface area (Å²) in [4.78, 5) is 1.37. The van der Waals surface area contributed by atoms with E-state index >= 15 is 0 Å². The molecule has 1 aliphatic heterocycles. The van der Waals surface area contributed by atoms with Crippen LogP contribution in [0.25, 0.3) is 0 Å². The van der Waals surface area contributed by atoms with Crippen LogP contribution in [-0.4, -0.2) is 38.5 Å². The van der Waals surface area contributed by atoms with Crippen molar-refractivity contribution in [3.8, 4) is 11.5 Å². The Balaban J connectivity index is 1.77. The zero-order valence-electron chi connectivity index (χ0n) is 10.5. The molecule has 19 heavy (non-hydrogen) atoms. The zero-order chi connectivity index (χ0) is 13.2. The molecule has 2 aromatic rings. The Labute approximate surface area is 109 Å². The first kappa shape index (κ1) is 11.9. The first-order chi connectivity index (χ1) is 9.22. The van der Waals surface area contributed by atoms with E-state index in [0.717, 1.165) is 5.56 Å². The van der Waals surface area contributed by atoms with E-state index in [4.69, 9.17) is 9.47 Å². The highest BCUT2D eigenvalue weighted by atomic mass is 16.6. The van der Waals surface area contributed by atoms with Crippen LogP contribution in [0.3, 0.4) is 0 Å². The van der Waals surface area contributed by atoms with Gasteiger partial charge < -0.3 is 14.6 Å². The number of aromatic nitrogens is 4. The molecule has 7 nitrogen and oxygen atoms in total. The minimum Gasteiger partial charge on any atom is -0.486 e. The summed E-state index contributed by atoms with van der Waals surface area (Å²) in [5, 5.41) is 21.8. The summed E-state index contributed by atoms with van der Waals surface area (Å²) in [7, 11) is 1.69. The minimum atomic E-state index is -0.694. The Morgan fingerprint density at radius 3 is 2.84 bits per heavy atom. The van der Waals surface area contributed by atoms with Crippen LogP contribution < -0.4 is 9.47 Å². The van der Waals surface area contributed by atoms with Gasteiger partial charge in [0.25, 0.3) is 0 Å². The Morgan fingerprint density at radius 1 is 1.32 bits per heavy atom. The second kappa shape index (κ2) is 4.85. The summed E-state index contributed by atoms with van der Waals surface area (Å²) < 4.78 is 10.9. The van der Waals surface area contributed by atoms with Crippen LogP contribution in [-0.2, 0) is 13.5 Å². The Bertz CT molecular complexity index is 584. The first-order valence-corrected chi connectivity index (χ1v) is 6.03. The zero-order valence-corrected chi connectivity index (χ0v) is 10.5. The second-order valence-electron chi connectivity index (χ2n) is 4.32. The van der Waals surface area contributed by atoms with Crippen molar-refractivity contribution >= 4 is 0 Å². The van der Waals surface area contributed by atoms with Gasteiger partial charge in [0.1, 0.15) is 13.2 Å². The van der Waals surface area contributed by atoms with Crippen LogP contribution in [0.15, 0.2) is 18.2 Å². The number of tetrazole rings is 1. The fraction of sp³-hybridized carbons (Fsp3) is 0.417. The highest BCUT2D eigenvalue weighted by molar-refractivity contribution is 5.44. The lowest BCUT2D eigenvalue weighted by molar-refractivity contribution is 0.163. The van der Waals surface area contributed by atoms with E-state index in [1.165, 1.54) is 4.80 Å². The molecule has 2 heterocycles. The molecule has 1 aromatic heterocycles. The second-order valence-corrected chi connectivity index (χ2v) is 4.32. The number of rotatable bonds is 3. The van der Waals surface area contributed by atoms with E-state index in [0.29, 0.717) is 37.0 Å². The van der Waals surface area contributed by atoms with Crippen molar-refractivity contribution in [1.82, 2.24) is 20.2 Å². The number of ether oxygens (including phenoxy) is 2. The van der Waals surface area contributed by atoms with Crippen LogP contribution in [0.2, 0.25) is 0 Å². The van der Waals surface area contributed by atoms with Crippen LogP contribution >= 0.6 is 0 Å². The largest absolute Gasteiger partial charge is 0.486 e. The maximum absolute atomic E-state index is 10.2. The molecule has 1 N–H and O–H groups in total. The molecular weight excluding hydrogens is 248 g/mol. The number of hydrogen-bond donors (Lipinski definition) is 1. The molecule has 0 spiro atoms. The molecule has 0 amide bonds. The molecular formula is C12H14N4O3. The fourth-order valence-corrected chi connectivity index (χ4v) is 1.96. The third-order valence-corrected chi connectivity index (χ3v) is 2.88. The predicted molar refractivity (Wildman–Crippen MR) is 64.9 cm³/mol. The Kier molecular flexibility index (Phi) is 3.04. The SMILES string of the molecule is Cn1nnc(CC(O)c2ccc3c(c2)OCCO3)n1. The normalized spacial score (nSPS) is 15.3. The van der Waals surface area contributed by atoms with E-state index in [2.05, 4.69) is 15.4 Å². The maximum atomic E-state index is 10.2. The summed E-state index contributed by atoms with van der Waals surface area (Å²) in [6, 6.07) is 5.40. The standard InChI is InChI=1S/C12H14N4O3/c1-16-14-12(13-15-16)7-9(17)8-2-3-10-11(6-8)19-5-4-18-10/h2-3,6,9,17H,4-5,7H2,1H3. The van der Waals surface area contributed by atoms with Gasteiger partial charge in [-0.1, -0.05) is 6.07 Å². The van der Waals surface area contributed by atoms with Gasteiger partial charge in [-0.25, -0.2) is 0 Å². The lowest BCUT2D eigenvalue weighted by Gasteiger charge is -2.19. The van der Waals surface area contributed by atoms with E-state index in [1.54, 1.807) is 19.2 Å². The lowest BCUT2D eigenvalue weighted by atomic mass is 10.1. The number of hydrogen-bond acceptors (Lipinski definition) is 6. The molecule has 0 saturated heterocycles. The molecule has 7 heteroatoms. The van der Waals surface area contributed by atoms with Gasteiger partial charge in [0.05, 0.1) is 13.2 Å². The average molecular weight is 262 g/mol. The number of fused-ring (bicyclic) bond motifs is 1. The van der Waals surface area contributed by atoms with E-state index < -0.39 is 6.10 Å². The molecule has 3 rings (SSSR count). The van der Waals surface area contributed by atoms with Crippen molar-refractivity contribution in [3.05, 3.63) is 29.6 Å². The van der Waals surface area contributed by atoms with Crippen molar-refractivity contribution in [1.29, 1.82) is 0 Å². The summed E-state index contributed by atoms with van der Waals surface area (Å²) in [5.74, 6) is 1.87. The van der Waals surface area contributed by atoms with Crippen molar-refractivity contribution in [3.63, 3.8) is 0 Å². The third kappa shape index (κ3) is 2.50. The molecule has 0 aliphatic carbocycles. The van der Waals surface area contributed by atoms with Gasteiger partial charge in [0.15, 0.2) is 17.3 Å². The topological polar surface area (TPSA) is 82.3 Å². The number of benzene rings is 1. The summed E-state index contributed by atoms with van der Waals surface area (Å²) in [6.45, 7) is 1.08. The number of aliphatic hydroxyl groups is 1. The summed E-state index contributed by atoms with van der Waals surface area (Å²) in [5.41, 5.74) is 0.747. The number of aryl methyl sites for hydroxylation is 1. The fourth-order valence-electron chi connectivity index (χ4n) is 1.96. The molecule has 0 bridgehead atoms. The maximum Gasteiger partial charge on any atom is 0.177 e. The average Bonchev–Trinajstić information content (AvgIpc) is 2.83. The van der Waals surface area contributed by atoms with Crippen molar-refractivity contribution < 1.29 is 14.6 Å². The molecule has 1 aromatic carbocycles. The summed E-state index contributed by atoms with van der Waals surface area (Å²) in [6.07, 6.45) is -0.381. The molecule has 0 radical (unpaired) electrons. The van der Waals surface area contributed by atoms with E-state index in [9.17, 15) is 5.11 Å². The van der Waals surface area contributed by atoms with Gasteiger partial charge in [-0.05, 0) is 22.9 Å². The van der Waals surface area contributed by atoms with E-state index in [-0.39, 0.29) is 0 Å². The Morgan fingerprint density at radius 2 is 2.11 bits per heavy atom. The quantitative estimate of drug-likeness (QED) is 0.854. The van der Waals surface area contributed by atoms with Gasteiger partial charge in [-0.15, -0.1) is 10.2 Å². The first-order valence-electron chi connectivity index (χ1n) is 6.03. The van der Waals surface area contributed by atoms with Gasteiger partial charge in [0.2, 0.25) is 0 Å². The predicted octanol–water partition coefficient (Wildman–Crippen LogP) is 0.257. The minimum absolute atomic E-state index is 0.313. The van der Waals surface area contributed by atoms with Gasteiger partial charge in [0, 0.05) is 6.42 Å². The van der Waals surface area contributed by atoms with Crippen molar-refractivity contribution in [2.45, 2.75) is 12.5 Å². The molecule has 1 atom stereocenters. The van der Waals surface area contributed by atoms with Crippen LogP contribution in [0.1, 0.15) is 17.5 Å². The number of aliphatic hydroxyl groups excluding tert-OH is 1. The van der Waals surface area contributed by atoms with Gasteiger partial charge in [-0.3, -0.25) is 0 Å². The van der Waals surface area contributed by atoms with Crippen LogP contribution in [0.5, 0.6) is 11.5 Å². The number of nitrogens with zero attached hydrogens (tertiary/aromatic N) is 4. The van der Waals surface area contributed by atoms with E-state index in [1.807, 2.05) is 6.07 Å². The van der Waals surface area contributed by atoms with Crippen LogP contribution in [0.4, 0.5) is 0 Å². The molecule has 1 aliphatic rings. The molecule has 100 valence electrons. The highest BCUT2D eigenvalue weighted by Gasteiger charge is 2.17. The monoisotopic (exact) mass is 262 g/mol. The van der Waals surface area contributed by atoms with Gasteiger partial charge in [-0.2, -0.15) is 4.80 Å². The Hall–Kier alpha value is -2.15. The van der Waals surface area contributed by atoms with Crippen molar-refractivity contribution in [2.24, 2.45) is 7.05 Å². The molecule has 1 unspecified atom stereocenters. The third-order valence-electron chi connectivity index (χ3n) is 2.88. The summed E-state index contributed by atoms with van der Waals surface area (Å²) >= 11 is 0.